The molecule has 0 bridgehead atoms. The zero-order valence-electron chi connectivity index (χ0n) is 12.0. The minimum absolute atomic E-state index is 0.240. The number of rotatable bonds is 7. The Morgan fingerprint density at radius 3 is 2.28 bits per heavy atom. The van der Waals surface area contributed by atoms with Gasteiger partial charge in [-0.15, -0.1) is 0 Å². The van der Waals surface area contributed by atoms with Crippen molar-refractivity contribution >= 4 is 11.9 Å². The molecule has 0 rings (SSSR count). The first-order chi connectivity index (χ1) is 8.28. The molecule has 4 nitrogen and oxygen atoms in total. The molecule has 18 heavy (non-hydrogen) atoms. The predicted octanol–water partition coefficient (Wildman–Crippen LogP) is 3.21. The second-order valence-electron chi connectivity index (χ2n) is 4.87. The maximum absolute atomic E-state index is 11.5. The molecule has 0 saturated heterocycles. The van der Waals surface area contributed by atoms with E-state index in [1.807, 2.05) is 19.1 Å². The minimum atomic E-state index is -1.20. The van der Waals surface area contributed by atoms with Crippen LogP contribution in [0.3, 0.4) is 0 Å². The number of esters is 2. The second-order valence-corrected chi connectivity index (χ2v) is 4.87. The maximum Gasteiger partial charge on any atom is 0.311 e. The van der Waals surface area contributed by atoms with Gasteiger partial charge in [0.1, 0.15) is 0 Å². The summed E-state index contributed by atoms with van der Waals surface area (Å²) in [5, 5.41) is 0. The van der Waals surface area contributed by atoms with Gasteiger partial charge in [-0.05, 0) is 12.8 Å². The fourth-order valence-corrected chi connectivity index (χ4v) is 1.19. The molecule has 0 atom stereocenters. The lowest BCUT2D eigenvalue weighted by atomic mass is 10.2. The van der Waals surface area contributed by atoms with Crippen LogP contribution >= 0.6 is 0 Å². The van der Waals surface area contributed by atoms with E-state index < -0.39 is 5.79 Å². The van der Waals surface area contributed by atoms with E-state index in [1.54, 1.807) is 27.7 Å². The Morgan fingerprint density at radius 2 is 1.78 bits per heavy atom. The van der Waals surface area contributed by atoms with Gasteiger partial charge in [0, 0.05) is 20.3 Å². The van der Waals surface area contributed by atoms with Gasteiger partial charge in [0.2, 0.25) is 0 Å². The standard InChI is InChI=1S/C14H24O4/c1-6-7-8-9-10-12(15)17-14(4,5)18-13(16)11(2)3/h7-8,11H,6,9-10H2,1-5H3. The van der Waals surface area contributed by atoms with E-state index in [-0.39, 0.29) is 17.9 Å². The summed E-state index contributed by atoms with van der Waals surface area (Å²) in [5.41, 5.74) is 0. The summed E-state index contributed by atoms with van der Waals surface area (Å²) in [7, 11) is 0. The summed E-state index contributed by atoms with van der Waals surface area (Å²) in [6.45, 7) is 8.62. The van der Waals surface area contributed by atoms with Crippen LogP contribution in [0.15, 0.2) is 12.2 Å². The molecule has 0 spiro atoms. The number of hydrogen-bond acceptors (Lipinski definition) is 4. The minimum Gasteiger partial charge on any atom is -0.423 e. The van der Waals surface area contributed by atoms with Crippen molar-refractivity contribution in [2.45, 2.75) is 59.7 Å². The van der Waals surface area contributed by atoms with E-state index in [0.717, 1.165) is 6.42 Å². The first-order valence-electron chi connectivity index (χ1n) is 6.38. The summed E-state index contributed by atoms with van der Waals surface area (Å²) in [6, 6.07) is 0. The topological polar surface area (TPSA) is 52.6 Å². The fourth-order valence-electron chi connectivity index (χ4n) is 1.19. The SMILES string of the molecule is CCC=CCCC(=O)OC(C)(C)OC(=O)C(C)C. The van der Waals surface area contributed by atoms with Crippen molar-refractivity contribution in [3.05, 3.63) is 12.2 Å². The van der Waals surface area contributed by atoms with E-state index in [9.17, 15) is 9.59 Å². The van der Waals surface area contributed by atoms with Crippen LogP contribution in [-0.2, 0) is 19.1 Å². The molecule has 0 heterocycles. The number of hydrogen-bond donors (Lipinski definition) is 0. The Balaban J connectivity index is 4.11. The Labute approximate surface area is 109 Å². The molecule has 0 aromatic rings. The molecular formula is C14H24O4. The van der Waals surface area contributed by atoms with Crippen molar-refractivity contribution in [3.8, 4) is 0 Å². The highest BCUT2D eigenvalue weighted by atomic mass is 16.7. The van der Waals surface area contributed by atoms with Gasteiger partial charge >= 0.3 is 11.9 Å². The predicted molar refractivity (Wildman–Crippen MR) is 69.8 cm³/mol. The molecule has 0 aromatic heterocycles. The zero-order chi connectivity index (χ0) is 14.2. The summed E-state index contributed by atoms with van der Waals surface area (Å²) in [4.78, 5) is 22.9. The summed E-state index contributed by atoms with van der Waals surface area (Å²) >= 11 is 0. The number of carbonyl (C=O) groups excluding carboxylic acids is 2. The lowest BCUT2D eigenvalue weighted by Gasteiger charge is -2.25. The molecule has 0 aliphatic rings. The van der Waals surface area contributed by atoms with Gasteiger partial charge < -0.3 is 9.47 Å². The van der Waals surface area contributed by atoms with E-state index in [0.29, 0.717) is 12.8 Å². The van der Waals surface area contributed by atoms with Gasteiger partial charge in [-0.25, -0.2) is 0 Å². The number of allylic oxidation sites excluding steroid dienone is 2. The van der Waals surface area contributed by atoms with Crippen LogP contribution in [0, 0.1) is 5.92 Å². The molecular weight excluding hydrogens is 232 g/mol. The van der Waals surface area contributed by atoms with Crippen molar-refractivity contribution in [3.63, 3.8) is 0 Å². The van der Waals surface area contributed by atoms with Gasteiger partial charge in [0.25, 0.3) is 5.79 Å². The number of carbonyl (C=O) groups is 2. The van der Waals surface area contributed by atoms with Gasteiger partial charge in [0.05, 0.1) is 5.92 Å². The van der Waals surface area contributed by atoms with E-state index >= 15 is 0 Å². The third-order valence-electron chi connectivity index (χ3n) is 2.09. The van der Waals surface area contributed by atoms with Crippen molar-refractivity contribution in [2.24, 2.45) is 5.92 Å². The highest BCUT2D eigenvalue weighted by Gasteiger charge is 2.28. The van der Waals surface area contributed by atoms with Crippen LogP contribution in [0.2, 0.25) is 0 Å². The molecule has 0 amide bonds. The molecule has 0 aromatic carbocycles. The van der Waals surface area contributed by atoms with Crippen molar-refractivity contribution in [1.29, 1.82) is 0 Å². The lowest BCUT2D eigenvalue weighted by molar-refractivity contribution is -0.218. The van der Waals surface area contributed by atoms with Crippen molar-refractivity contribution in [2.75, 3.05) is 0 Å². The van der Waals surface area contributed by atoms with Crippen LogP contribution in [0.5, 0.6) is 0 Å². The quantitative estimate of drug-likeness (QED) is 0.399. The zero-order valence-corrected chi connectivity index (χ0v) is 12.0. The van der Waals surface area contributed by atoms with Crippen molar-refractivity contribution in [1.82, 2.24) is 0 Å². The largest absolute Gasteiger partial charge is 0.423 e. The van der Waals surface area contributed by atoms with E-state index in [4.69, 9.17) is 9.47 Å². The van der Waals surface area contributed by atoms with E-state index in [2.05, 4.69) is 0 Å². The average Bonchev–Trinajstić information content (AvgIpc) is 2.22. The maximum atomic E-state index is 11.5. The summed E-state index contributed by atoms with van der Waals surface area (Å²) in [6.07, 6.45) is 5.82. The first kappa shape index (κ1) is 16.7. The molecule has 0 fully saturated rings. The molecule has 0 aliphatic carbocycles. The third kappa shape index (κ3) is 7.87. The molecule has 0 aliphatic heterocycles. The monoisotopic (exact) mass is 256 g/mol. The molecule has 0 saturated carbocycles. The van der Waals surface area contributed by atoms with Gasteiger partial charge in [-0.1, -0.05) is 32.9 Å². The van der Waals surface area contributed by atoms with Gasteiger partial charge in [0.15, 0.2) is 0 Å². The first-order valence-corrected chi connectivity index (χ1v) is 6.38. The Hall–Kier alpha value is -1.32. The van der Waals surface area contributed by atoms with Gasteiger partial charge in [-0.3, -0.25) is 9.59 Å². The molecule has 0 N–H and O–H groups in total. The second kappa shape index (κ2) is 7.90. The van der Waals surface area contributed by atoms with Crippen LogP contribution in [0.1, 0.15) is 53.9 Å². The molecule has 0 radical (unpaired) electrons. The Bertz CT molecular complexity index is 303. The highest BCUT2D eigenvalue weighted by molar-refractivity contribution is 5.73. The Morgan fingerprint density at radius 1 is 1.17 bits per heavy atom. The smallest absolute Gasteiger partial charge is 0.311 e. The molecule has 0 unspecified atom stereocenters. The Kier molecular flexibility index (Phi) is 7.32. The van der Waals surface area contributed by atoms with Crippen molar-refractivity contribution < 1.29 is 19.1 Å². The lowest BCUT2D eigenvalue weighted by Crippen LogP contribution is -2.35. The van der Waals surface area contributed by atoms with Gasteiger partial charge in [-0.2, -0.15) is 0 Å². The molecule has 104 valence electrons. The van der Waals surface area contributed by atoms with Crippen LogP contribution < -0.4 is 0 Å². The number of ether oxygens (including phenoxy) is 2. The van der Waals surface area contributed by atoms with Crippen LogP contribution in [-0.4, -0.2) is 17.7 Å². The normalized spacial score (nSPS) is 11.9. The molecule has 4 heteroatoms. The summed E-state index contributed by atoms with van der Waals surface area (Å²) in [5.74, 6) is -2.18. The highest BCUT2D eigenvalue weighted by Crippen LogP contribution is 2.15. The average molecular weight is 256 g/mol. The van der Waals surface area contributed by atoms with E-state index in [1.165, 1.54) is 0 Å². The fraction of sp³-hybridized carbons (Fsp3) is 0.714. The van der Waals surface area contributed by atoms with Crippen LogP contribution in [0.25, 0.3) is 0 Å². The summed E-state index contributed by atoms with van der Waals surface area (Å²) < 4.78 is 10.2. The van der Waals surface area contributed by atoms with Crippen LogP contribution in [0.4, 0.5) is 0 Å². The third-order valence-corrected chi connectivity index (χ3v) is 2.09.